The molecule has 0 saturated carbocycles. The third-order valence-electron chi connectivity index (χ3n) is 4.43. The van der Waals surface area contributed by atoms with E-state index in [0.29, 0.717) is 25.6 Å². The second-order valence-electron chi connectivity index (χ2n) is 7.86. The van der Waals surface area contributed by atoms with Crippen LogP contribution in [0.25, 0.3) is 0 Å². The lowest BCUT2D eigenvalue weighted by molar-refractivity contribution is -0.124. The summed E-state index contributed by atoms with van der Waals surface area (Å²) in [6.07, 6.45) is 2.62. The molecule has 122 valence electrons. The smallest absolute Gasteiger partial charge is 0.220 e. The minimum absolute atomic E-state index is 0.00904. The Morgan fingerprint density at radius 3 is 2.43 bits per heavy atom. The number of rotatable bonds is 4. The second-order valence-corrected chi connectivity index (χ2v) is 7.86. The highest BCUT2D eigenvalue weighted by Gasteiger charge is 2.38. The molecule has 2 aliphatic heterocycles. The fourth-order valence-corrected chi connectivity index (χ4v) is 4.11. The topological polar surface area (TPSA) is 59.6 Å². The molecule has 0 radical (unpaired) electrons. The quantitative estimate of drug-likeness (QED) is 0.825. The van der Waals surface area contributed by atoms with Gasteiger partial charge in [-0.1, -0.05) is 0 Å². The van der Waals surface area contributed by atoms with Crippen LogP contribution in [0.4, 0.5) is 0 Å². The zero-order valence-corrected chi connectivity index (χ0v) is 14.0. The molecule has 0 aromatic heterocycles. The van der Waals surface area contributed by atoms with Gasteiger partial charge in [0.2, 0.25) is 5.91 Å². The van der Waals surface area contributed by atoms with Crippen molar-refractivity contribution >= 4 is 5.91 Å². The number of methoxy groups -OCH3 is 1. The van der Waals surface area contributed by atoms with Gasteiger partial charge in [0.1, 0.15) is 6.10 Å². The molecular formula is C16H30N2O3. The zero-order chi connectivity index (χ0) is 15.7. The molecule has 2 aliphatic rings. The van der Waals surface area contributed by atoms with Crippen molar-refractivity contribution < 1.29 is 14.3 Å². The van der Waals surface area contributed by atoms with Crippen molar-refractivity contribution in [3.63, 3.8) is 0 Å². The Morgan fingerprint density at radius 1 is 1.24 bits per heavy atom. The first kappa shape index (κ1) is 16.7. The summed E-state index contributed by atoms with van der Waals surface area (Å²) in [5, 5.41) is 6.73. The largest absolute Gasteiger partial charge is 0.377 e. The predicted octanol–water partition coefficient (Wildman–Crippen LogP) is 1.46. The van der Waals surface area contributed by atoms with Gasteiger partial charge in [-0.2, -0.15) is 0 Å². The molecule has 2 saturated heterocycles. The van der Waals surface area contributed by atoms with Crippen LogP contribution in [0.5, 0.6) is 0 Å². The minimum atomic E-state index is -0.0187. The highest BCUT2D eigenvalue weighted by atomic mass is 16.5. The predicted molar refractivity (Wildman–Crippen MR) is 82.2 cm³/mol. The molecule has 0 unspecified atom stereocenters. The number of hydrogen-bond acceptors (Lipinski definition) is 4. The Bertz CT molecular complexity index is 366. The molecule has 5 heteroatoms. The average Bonchev–Trinajstić information content (AvgIpc) is 2.71. The molecule has 0 aromatic carbocycles. The van der Waals surface area contributed by atoms with Crippen molar-refractivity contribution in [2.45, 2.75) is 70.2 Å². The van der Waals surface area contributed by atoms with Crippen LogP contribution < -0.4 is 10.6 Å². The Kier molecular flexibility index (Phi) is 4.96. The standard InChI is InChI=1S/C16H30N2O3/c1-15(2)7-11(8-16(3,4)18-15)6-14(19)17-12-9-21-10-13(12)20-5/h11-13,18H,6-10H2,1-5H3,(H,17,19)/t12-,13-/m0/s1. The summed E-state index contributed by atoms with van der Waals surface area (Å²) >= 11 is 0. The maximum absolute atomic E-state index is 12.3. The first-order valence-corrected chi connectivity index (χ1v) is 7.90. The lowest BCUT2D eigenvalue weighted by Crippen LogP contribution is -2.58. The molecule has 0 bridgehead atoms. The first-order valence-electron chi connectivity index (χ1n) is 7.90. The van der Waals surface area contributed by atoms with Gasteiger partial charge in [-0.05, 0) is 46.5 Å². The van der Waals surface area contributed by atoms with E-state index in [1.807, 2.05) is 0 Å². The van der Waals surface area contributed by atoms with Crippen LogP contribution in [0.2, 0.25) is 0 Å². The van der Waals surface area contributed by atoms with Crippen LogP contribution in [-0.2, 0) is 14.3 Å². The second kappa shape index (κ2) is 6.23. The number of ether oxygens (including phenoxy) is 2. The first-order chi connectivity index (χ1) is 9.71. The van der Waals surface area contributed by atoms with Crippen LogP contribution in [0.1, 0.15) is 47.0 Å². The molecule has 2 heterocycles. The highest BCUT2D eigenvalue weighted by Crippen LogP contribution is 2.34. The zero-order valence-electron chi connectivity index (χ0n) is 14.0. The van der Waals surface area contributed by atoms with Crippen molar-refractivity contribution in [1.29, 1.82) is 0 Å². The van der Waals surface area contributed by atoms with Crippen molar-refractivity contribution in [1.82, 2.24) is 10.6 Å². The van der Waals surface area contributed by atoms with Gasteiger partial charge in [0.25, 0.3) is 0 Å². The molecule has 1 amide bonds. The van der Waals surface area contributed by atoms with E-state index in [2.05, 4.69) is 38.3 Å². The monoisotopic (exact) mass is 298 g/mol. The number of piperidine rings is 1. The van der Waals surface area contributed by atoms with Gasteiger partial charge in [-0.15, -0.1) is 0 Å². The van der Waals surface area contributed by atoms with Gasteiger partial charge in [-0.25, -0.2) is 0 Å². The van der Waals surface area contributed by atoms with Crippen molar-refractivity contribution in [2.24, 2.45) is 5.92 Å². The van der Waals surface area contributed by atoms with Crippen molar-refractivity contribution in [3.05, 3.63) is 0 Å². The van der Waals surface area contributed by atoms with Crippen LogP contribution in [0.3, 0.4) is 0 Å². The molecule has 2 rings (SSSR count). The number of carbonyl (C=O) groups is 1. The van der Waals surface area contributed by atoms with E-state index in [1.54, 1.807) is 7.11 Å². The summed E-state index contributed by atoms with van der Waals surface area (Å²) < 4.78 is 10.7. The number of carbonyl (C=O) groups excluding carboxylic acids is 1. The molecule has 2 fully saturated rings. The van der Waals surface area contributed by atoms with Crippen LogP contribution in [-0.4, -0.2) is 49.5 Å². The molecule has 2 atom stereocenters. The van der Waals surface area contributed by atoms with Crippen LogP contribution in [0.15, 0.2) is 0 Å². The van der Waals surface area contributed by atoms with E-state index in [0.717, 1.165) is 12.8 Å². The summed E-state index contributed by atoms with van der Waals surface area (Å²) in [5.41, 5.74) is 0.163. The van der Waals surface area contributed by atoms with Crippen molar-refractivity contribution in [2.75, 3.05) is 20.3 Å². The highest BCUT2D eigenvalue weighted by molar-refractivity contribution is 5.76. The summed E-state index contributed by atoms with van der Waals surface area (Å²) in [5.74, 6) is 0.533. The van der Waals surface area contributed by atoms with E-state index in [4.69, 9.17) is 9.47 Å². The normalized spacial score (nSPS) is 32.0. The Hall–Kier alpha value is -0.650. The number of nitrogens with one attached hydrogen (secondary N) is 2. The third-order valence-corrected chi connectivity index (χ3v) is 4.43. The fraction of sp³-hybridized carbons (Fsp3) is 0.938. The summed E-state index contributed by atoms with van der Waals surface area (Å²) in [7, 11) is 1.66. The fourth-order valence-electron chi connectivity index (χ4n) is 4.11. The lowest BCUT2D eigenvalue weighted by Gasteiger charge is -2.46. The molecule has 0 spiro atoms. The van der Waals surface area contributed by atoms with E-state index >= 15 is 0 Å². The molecule has 0 aliphatic carbocycles. The van der Waals surface area contributed by atoms with Crippen molar-refractivity contribution in [3.8, 4) is 0 Å². The molecule has 21 heavy (non-hydrogen) atoms. The maximum atomic E-state index is 12.3. The van der Waals surface area contributed by atoms with Gasteiger partial charge >= 0.3 is 0 Å². The van der Waals surface area contributed by atoms with E-state index in [9.17, 15) is 4.79 Å². The molecule has 0 aromatic rings. The van der Waals surface area contributed by atoms with E-state index in [-0.39, 0.29) is 29.1 Å². The lowest BCUT2D eigenvalue weighted by atomic mass is 9.74. The van der Waals surface area contributed by atoms with Gasteiger partial charge in [0.05, 0.1) is 19.3 Å². The van der Waals surface area contributed by atoms with Gasteiger partial charge in [-0.3, -0.25) is 4.79 Å². The molecule has 2 N–H and O–H groups in total. The SMILES string of the molecule is CO[C@H]1COC[C@@H]1NC(=O)CC1CC(C)(C)NC(C)(C)C1. The van der Waals surface area contributed by atoms with Gasteiger partial charge < -0.3 is 20.1 Å². The molecule has 5 nitrogen and oxygen atoms in total. The number of amides is 1. The summed E-state index contributed by atoms with van der Waals surface area (Å²) in [6, 6.07) is -0.00904. The Labute approximate surface area is 128 Å². The van der Waals surface area contributed by atoms with Crippen LogP contribution in [0, 0.1) is 5.92 Å². The van der Waals surface area contributed by atoms with Gasteiger partial charge in [0.15, 0.2) is 0 Å². The van der Waals surface area contributed by atoms with Crippen LogP contribution >= 0.6 is 0 Å². The van der Waals surface area contributed by atoms with E-state index < -0.39 is 0 Å². The third kappa shape index (κ3) is 4.66. The van der Waals surface area contributed by atoms with E-state index in [1.165, 1.54) is 0 Å². The average molecular weight is 298 g/mol. The minimum Gasteiger partial charge on any atom is -0.377 e. The van der Waals surface area contributed by atoms with Gasteiger partial charge in [0, 0.05) is 24.6 Å². The Morgan fingerprint density at radius 2 is 1.86 bits per heavy atom. The molecular weight excluding hydrogens is 268 g/mol. The Balaban J connectivity index is 1.87. The maximum Gasteiger partial charge on any atom is 0.220 e. The summed E-state index contributed by atoms with van der Waals surface area (Å²) in [4.78, 5) is 12.3. The summed E-state index contributed by atoms with van der Waals surface area (Å²) in [6.45, 7) is 9.96. The number of hydrogen-bond donors (Lipinski definition) is 2.